The highest BCUT2D eigenvalue weighted by molar-refractivity contribution is 5.85. The van der Waals surface area contributed by atoms with E-state index in [4.69, 9.17) is 0 Å². The minimum atomic E-state index is -4.64. The molecule has 0 saturated carbocycles. The van der Waals surface area contributed by atoms with Crippen molar-refractivity contribution < 1.29 is 17.9 Å². The van der Waals surface area contributed by atoms with Crippen LogP contribution in [0.1, 0.15) is 17.5 Å². The Morgan fingerprint density at radius 1 is 0.733 bits per heavy atom. The Kier molecular flexibility index (Phi) is 11.6. The van der Waals surface area contributed by atoms with Crippen molar-refractivity contribution in [3.8, 4) is 5.75 Å². The molecule has 168 valence electrons. The quantitative estimate of drug-likeness (QED) is 0.532. The molecule has 1 aliphatic rings. The smallest absolute Gasteiger partial charge is 0.406 e. The topological polar surface area (TPSA) is 15.7 Å². The van der Waals surface area contributed by atoms with E-state index in [2.05, 4.69) is 38.8 Å². The standard InChI is InChI=1S/C22H27F3N2O.2ClH/c23-22(24,25)28-21-10-4-8-20(18-21)11-13-27-16-14-26(15-17-27)12-5-9-19-6-2-1-3-7-19;;/h1-4,6-8,10,18H,5,9,11-17H2;2*1H. The van der Waals surface area contributed by atoms with Crippen LogP contribution in [-0.4, -0.2) is 55.4 Å². The maximum absolute atomic E-state index is 12.3. The monoisotopic (exact) mass is 464 g/mol. The number of aryl methyl sites for hydroxylation is 1. The molecular weight excluding hydrogens is 436 g/mol. The van der Waals surface area contributed by atoms with Gasteiger partial charge in [-0.2, -0.15) is 0 Å². The van der Waals surface area contributed by atoms with Crippen LogP contribution in [0.2, 0.25) is 0 Å². The molecule has 0 aliphatic carbocycles. The number of halogens is 5. The van der Waals surface area contributed by atoms with Crippen molar-refractivity contribution in [1.29, 1.82) is 0 Å². The summed E-state index contributed by atoms with van der Waals surface area (Å²) in [4.78, 5) is 4.88. The number of ether oxygens (including phenoxy) is 1. The summed E-state index contributed by atoms with van der Waals surface area (Å²) in [7, 11) is 0. The van der Waals surface area contributed by atoms with Gasteiger partial charge >= 0.3 is 6.36 Å². The predicted octanol–water partition coefficient (Wildman–Crippen LogP) is 5.22. The van der Waals surface area contributed by atoms with Crippen molar-refractivity contribution in [3.05, 3.63) is 65.7 Å². The first-order valence-corrected chi connectivity index (χ1v) is 9.81. The fraction of sp³-hybridized carbons (Fsp3) is 0.455. The lowest BCUT2D eigenvalue weighted by Crippen LogP contribution is -2.47. The van der Waals surface area contributed by atoms with Gasteiger partial charge in [-0.25, -0.2) is 0 Å². The zero-order chi connectivity index (χ0) is 19.8. The highest BCUT2D eigenvalue weighted by Gasteiger charge is 2.31. The summed E-state index contributed by atoms with van der Waals surface area (Å²) in [6.45, 7) is 6.07. The third-order valence-corrected chi connectivity index (χ3v) is 5.10. The molecule has 0 radical (unpaired) electrons. The number of hydrogen-bond donors (Lipinski definition) is 0. The third kappa shape index (κ3) is 9.56. The normalized spacial score (nSPS) is 15.2. The van der Waals surface area contributed by atoms with Crippen molar-refractivity contribution in [2.75, 3.05) is 39.3 Å². The van der Waals surface area contributed by atoms with Gasteiger partial charge in [-0.05, 0) is 49.1 Å². The summed E-state index contributed by atoms with van der Waals surface area (Å²) >= 11 is 0. The second kappa shape index (κ2) is 13.1. The fourth-order valence-electron chi connectivity index (χ4n) is 3.57. The molecule has 2 aromatic carbocycles. The van der Waals surface area contributed by atoms with Gasteiger partial charge in [-0.15, -0.1) is 38.0 Å². The van der Waals surface area contributed by atoms with Crippen LogP contribution in [0, 0.1) is 0 Å². The molecule has 0 N–H and O–H groups in total. The Morgan fingerprint density at radius 2 is 1.33 bits per heavy atom. The molecule has 1 heterocycles. The number of rotatable bonds is 8. The molecule has 0 spiro atoms. The fourth-order valence-corrected chi connectivity index (χ4v) is 3.57. The number of piperazine rings is 1. The minimum Gasteiger partial charge on any atom is -0.406 e. The minimum absolute atomic E-state index is 0. The van der Waals surface area contributed by atoms with Gasteiger partial charge in [0.1, 0.15) is 5.75 Å². The number of benzene rings is 2. The van der Waals surface area contributed by atoms with Crippen molar-refractivity contribution in [3.63, 3.8) is 0 Å². The average molecular weight is 465 g/mol. The number of alkyl halides is 3. The van der Waals surface area contributed by atoms with Crippen LogP contribution < -0.4 is 4.74 Å². The molecular formula is C22H29Cl2F3N2O. The second-order valence-electron chi connectivity index (χ2n) is 7.22. The molecule has 3 rings (SSSR count). The molecule has 2 aromatic rings. The first kappa shape index (κ1) is 26.6. The van der Waals surface area contributed by atoms with E-state index in [0.29, 0.717) is 0 Å². The first-order chi connectivity index (χ1) is 13.5. The van der Waals surface area contributed by atoms with Crippen molar-refractivity contribution in [2.24, 2.45) is 0 Å². The third-order valence-electron chi connectivity index (χ3n) is 5.10. The molecule has 0 unspecified atom stereocenters. The second-order valence-corrected chi connectivity index (χ2v) is 7.22. The van der Waals surface area contributed by atoms with E-state index < -0.39 is 6.36 Å². The Labute approximate surface area is 189 Å². The molecule has 1 aliphatic heterocycles. The van der Waals surface area contributed by atoms with Crippen LogP contribution in [-0.2, 0) is 12.8 Å². The van der Waals surface area contributed by atoms with Gasteiger partial charge in [-0.1, -0.05) is 42.5 Å². The van der Waals surface area contributed by atoms with Crippen LogP contribution in [0.3, 0.4) is 0 Å². The average Bonchev–Trinajstić information content (AvgIpc) is 2.67. The van der Waals surface area contributed by atoms with E-state index in [1.165, 1.54) is 17.7 Å². The van der Waals surface area contributed by atoms with Crippen LogP contribution in [0.25, 0.3) is 0 Å². The number of hydrogen-bond acceptors (Lipinski definition) is 3. The van der Waals surface area contributed by atoms with Crippen molar-refractivity contribution in [2.45, 2.75) is 25.6 Å². The van der Waals surface area contributed by atoms with Crippen LogP contribution in [0.5, 0.6) is 5.75 Å². The van der Waals surface area contributed by atoms with Crippen molar-refractivity contribution >= 4 is 24.8 Å². The van der Waals surface area contributed by atoms with Gasteiger partial charge in [0.2, 0.25) is 0 Å². The SMILES string of the molecule is Cl.Cl.FC(F)(F)Oc1cccc(CCN2CCN(CCCc3ccccc3)CC2)c1. The molecule has 0 amide bonds. The van der Waals surface area contributed by atoms with Gasteiger partial charge < -0.3 is 14.5 Å². The zero-order valence-corrected chi connectivity index (χ0v) is 18.4. The van der Waals surface area contributed by atoms with Crippen LogP contribution >= 0.6 is 24.8 Å². The maximum atomic E-state index is 12.3. The molecule has 1 saturated heterocycles. The highest BCUT2D eigenvalue weighted by atomic mass is 35.5. The highest BCUT2D eigenvalue weighted by Crippen LogP contribution is 2.23. The van der Waals surface area contributed by atoms with Gasteiger partial charge in [0.25, 0.3) is 0 Å². The zero-order valence-electron chi connectivity index (χ0n) is 16.8. The Bertz CT molecular complexity index is 724. The summed E-state index contributed by atoms with van der Waals surface area (Å²) < 4.78 is 41.0. The molecule has 0 aromatic heterocycles. The molecule has 8 heteroatoms. The molecule has 1 fully saturated rings. The van der Waals surface area contributed by atoms with Crippen molar-refractivity contribution in [1.82, 2.24) is 9.80 Å². The molecule has 0 atom stereocenters. The summed E-state index contributed by atoms with van der Waals surface area (Å²) in [5.74, 6) is -0.145. The Morgan fingerprint density at radius 3 is 1.97 bits per heavy atom. The van der Waals surface area contributed by atoms with Gasteiger partial charge in [0.05, 0.1) is 0 Å². The van der Waals surface area contributed by atoms with E-state index in [9.17, 15) is 13.2 Å². The largest absolute Gasteiger partial charge is 0.573 e. The molecule has 30 heavy (non-hydrogen) atoms. The summed E-state index contributed by atoms with van der Waals surface area (Å²) in [6.07, 6.45) is -1.65. The van der Waals surface area contributed by atoms with Gasteiger partial charge in [0, 0.05) is 32.7 Å². The van der Waals surface area contributed by atoms with E-state index >= 15 is 0 Å². The molecule has 3 nitrogen and oxygen atoms in total. The predicted molar refractivity (Wildman–Crippen MR) is 119 cm³/mol. The summed E-state index contributed by atoms with van der Waals surface area (Å²) in [6, 6.07) is 16.8. The first-order valence-electron chi connectivity index (χ1n) is 9.81. The van der Waals surface area contributed by atoms with Crippen LogP contribution in [0.4, 0.5) is 13.2 Å². The lowest BCUT2D eigenvalue weighted by Gasteiger charge is -2.34. The lowest BCUT2D eigenvalue weighted by atomic mass is 10.1. The Balaban J connectivity index is 0.00000225. The Hall–Kier alpha value is -1.47. The van der Waals surface area contributed by atoms with Gasteiger partial charge in [-0.3, -0.25) is 0 Å². The van der Waals surface area contributed by atoms with E-state index in [0.717, 1.165) is 64.1 Å². The molecule has 0 bridgehead atoms. The van der Waals surface area contributed by atoms with E-state index in [1.54, 1.807) is 6.07 Å². The van der Waals surface area contributed by atoms with Gasteiger partial charge in [0.15, 0.2) is 0 Å². The van der Waals surface area contributed by atoms with E-state index in [1.807, 2.05) is 12.1 Å². The van der Waals surface area contributed by atoms with Crippen LogP contribution in [0.15, 0.2) is 54.6 Å². The lowest BCUT2D eigenvalue weighted by molar-refractivity contribution is -0.274. The number of nitrogens with zero attached hydrogens (tertiary/aromatic N) is 2. The summed E-state index contributed by atoms with van der Waals surface area (Å²) in [5.41, 5.74) is 2.25. The summed E-state index contributed by atoms with van der Waals surface area (Å²) in [5, 5.41) is 0. The maximum Gasteiger partial charge on any atom is 0.573 e. The van der Waals surface area contributed by atoms with E-state index in [-0.39, 0.29) is 30.6 Å².